The summed E-state index contributed by atoms with van der Waals surface area (Å²) in [4.78, 5) is 42.7. The van der Waals surface area contributed by atoms with Crippen molar-refractivity contribution in [2.75, 3.05) is 26.2 Å². The van der Waals surface area contributed by atoms with Gasteiger partial charge in [0, 0.05) is 49.9 Å². The van der Waals surface area contributed by atoms with E-state index in [1.807, 2.05) is 0 Å². The van der Waals surface area contributed by atoms with Gasteiger partial charge >= 0.3 is 5.97 Å². The van der Waals surface area contributed by atoms with Crippen LogP contribution in [0.5, 0.6) is 0 Å². The molecule has 0 radical (unpaired) electrons. The van der Waals surface area contributed by atoms with Crippen LogP contribution in [0.2, 0.25) is 0 Å². The zero-order valence-corrected chi connectivity index (χ0v) is 27.7. The molecule has 6 nitrogen and oxygen atoms in total. The standard InChI is InChI=1S/C36H56N2O4/c1-23(39)42-28-10-11-34(6)27(31(28,2)3)9-12-36(8)29(34)26(40)21-24-25-22-33(5,30(41)38-19-17-37-18-20-38)14-13-32(25,4)15-16-35(24,36)7/h21,25,27-29,37H,9-20,22H2,1-8H3/t25-,27-,28-,29+,32+,33-,34-,35+,36+/m0/s1. The highest BCUT2D eigenvalue weighted by atomic mass is 16.5. The van der Waals surface area contributed by atoms with Crippen LogP contribution >= 0.6 is 0 Å². The molecule has 5 fully saturated rings. The lowest BCUT2D eigenvalue weighted by molar-refractivity contribution is -0.210. The summed E-state index contributed by atoms with van der Waals surface area (Å²) < 4.78 is 5.88. The summed E-state index contributed by atoms with van der Waals surface area (Å²) in [6.07, 6.45) is 11.0. The van der Waals surface area contributed by atoms with Gasteiger partial charge in [0.05, 0.1) is 0 Å². The molecule has 9 atom stereocenters. The second-order valence-corrected chi connectivity index (χ2v) is 17.3. The molecule has 1 amide bonds. The molecule has 1 aliphatic heterocycles. The molecular formula is C36H56N2O4. The highest BCUT2D eigenvalue weighted by Gasteiger charge is 2.70. The number of nitrogens with one attached hydrogen (secondary N) is 1. The second kappa shape index (κ2) is 9.65. The Labute approximate surface area is 254 Å². The zero-order valence-electron chi connectivity index (χ0n) is 27.7. The third kappa shape index (κ3) is 4.08. The number of fused-ring (bicyclic) bond motifs is 7. The van der Waals surface area contributed by atoms with Gasteiger partial charge < -0.3 is 15.0 Å². The first-order valence-electron chi connectivity index (χ1n) is 17.0. The number of rotatable bonds is 2. The highest BCUT2D eigenvalue weighted by Crippen LogP contribution is 2.75. The molecule has 4 saturated carbocycles. The van der Waals surface area contributed by atoms with E-state index in [0.717, 1.165) is 77.5 Å². The number of allylic oxidation sites excluding steroid dienone is 2. The molecule has 0 aromatic rings. The minimum atomic E-state index is -0.371. The van der Waals surface area contributed by atoms with Gasteiger partial charge in [-0.1, -0.05) is 54.0 Å². The van der Waals surface area contributed by atoms with E-state index in [0.29, 0.717) is 17.6 Å². The molecule has 0 spiro atoms. The Bertz CT molecular complexity index is 1200. The Kier molecular flexibility index (Phi) is 6.97. The highest BCUT2D eigenvalue weighted by molar-refractivity contribution is 5.95. The third-order valence-electron chi connectivity index (χ3n) is 14.7. The average molecular weight is 581 g/mol. The summed E-state index contributed by atoms with van der Waals surface area (Å²) in [5.74, 6) is 1.01. The van der Waals surface area contributed by atoms with Gasteiger partial charge in [0.15, 0.2) is 5.78 Å². The number of hydrogen-bond acceptors (Lipinski definition) is 5. The Morgan fingerprint density at radius 3 is 2.24 bits per heavy atom. The number of piperazine rings is 1. The van der Waals surface area contributed by atoms with Gasteiger partial charge in [0.2, 0.25) is 5.91 Å². The number of esters is 1. The lowest BCUT2D eigenvalue weighted by Crippen LogP contribution is -2.67. The van der Waals surface area contributed by atoms with Gasteiger partial charge in [-0.05, 0) is 97.4 Å². The van der Waals surface area contributed by atoms with Crippen molar-refractivity contribution in [1.29, 1.82) is 0 Å². The van der Waals surface area contributed by atoms with E-state index in [1.54, 1.807) is 0 Å². The molecule has 5 aliphatic carbocycles. The summed E-state index contributed by atoms with van der Waals surface area (Å²) in [5, 5.41) is 3.39. The first kappa shape index (κ1) is 30.3. The van der Waals surface area contributed by atoms with Crippen LogP contribution in [-0.2, 0) is 19.1 Å². The van der Waals surface area contributed by atoms with Crippen molar-refractivity contribution >= 4 is 17.7 Å². The summed E-state index contributed by atoms with van der Waals surface area (Å²) in [5.41, 5.74) is 0.654. The van der Waals surface area contributed by atoms with Gasteiger partial charge in [-0.15, -0.1) is 0 Å². The van der Waals surface area contributed by atoms with Crippen molar-refractivity contribution in [1.82, 2.24) is 10.2 Å². The van der Waals surface area contributed by atoms with Gasteiger partial charge in [0.1, 0.15) is 6.10 Å². The lowest BCUT2D eigenvalue weighted by atomic mass is 9.33. The van der Waals surface area contributed by atoms with E-state index < -0.39 is 0 Å². The summed E-state index contributed by atoms with van der Waals surface area (Å²) >= 11 is 0. The van der Waals surface area contributed by atoms with Crippen LogP contribution < -0.4 is 5.32 Å². The maximum absolute atomic E-state index is 14.6. The predicted octanol–water partition coefficient (Wildman–Crippen LogP) is 6.33. The number of amides is 1. The number of carbonyl (C=O) groups is 3. The van der Waals surface area contributed by atoms with Gasteiger partial charge in [0.25, 0.3) is 0 Å². The van der Waals surface area contributed by atoms with E-state index in [2.05, 4.69) is 64.8 Å². The molecule has 1 saturated heterocycles. The Balaban J connectivity index is 1.36. The number of hydrogen-bond donors (Lipinski definition) is 1. The summed E-state index contributed by atoms with van der Waals surface area (Å²) in [7, 11) is 0. The number of carbonyl (C=O) groups excluding carboxylic acids is 3. The van der Waals surface area contributed by atoms with Crippen LogP contribution in [0.4, 0.5) is 0 Å². The van der Waals surface area contributed by atoms with E-state index in [1.165, 1.54) is 18.9 Å². The fraction of sp³-hybridized carbons (Fsp3) is 0.861. The minimum Gasteiger partial charge on any atom is -0.462 e. The van der Waals surface area contributed by atoms with Crippen molar-refractivity contribution in [3.05, 3.63) is 11.6 Å². The van der Waals surface area contributed by atoms with Crippen molar-refractivity contribution in [3.8, 4) is 0 Å². The molecule has 0 unspecified atom stereocenters. The van der Waals surface area contributed by atoms with Crippen molar-refractivity contribution < 1.29 is 19.1 Å². The van der Waals surface area contributed by atoms with Crippen molar-refractivity contribution in [2.24, 2.45) is 50.2 Å². The van der Waals surface area contributed by atoms with Crippen LogP contribution in [0.25, 0.3) is 0 Å². The third-order valence-corrected chi connectivity index (χ3v) is 14.7. The molecule has 6 heteroatoms. The first-order valence-corrected chi connectivity index (χ1v) is 17.0. The lowest BCUT2D eigenvalue weighted by Gasteiger charge is -2.70. The zero-order chi connectivity index (χ0) is 30.5. The van der Waals surface area contributed by atoms with Crippen LogP contribution in [-0.4, -0.2) is 54.8 Å². The molecule has 0 bridgehead atoms. The molecule has 0 aromatic heterocycles. The normalized spacial score (nSPS) is 48.1. The molecule has 234 valence electrons. The van der Waals surface area contributed by atoms with Crippen molar-refractivity contribution in [2.45, 2.75) is 119 Å². The number of ketones is 1. The average Bonchev–Trinajstić information content (AvgIpc) is 2.92. The topological polar surface area (TPSA) is 75.7 Å². The maximum atomic E-state index is 14.6. The molecule has 1 heterocycles. The number of ether oxygens (including phenoxy) is 1. The fourth-order valence-electron chi connectivity index (χ4n) is 12.0. The largest absolute Gasteiger partial charge is 0.462 e. The number of nitrogens with zero attached hydrogens (tertiary/aromatic N) is 1. The monoisotopic (exact) mass is 580 g/mol. The molecule has 6 rings (SSSR count). The van der Waals surface area contributed by atoms with Gasteiger partial charge in [-0.25, -0.2) is 0 Å². The molecule has 6 aliphatic rings. The summed E-state index contributed by atoms with van der Waals surface area (Å²) in [6.45, 7) is 21.4. The minimum absolute atomic E-state index is 0.0307. The smallest absolute Gasteiger partial charge is 0.302 e. The maximum Gasteiger partial charge on any atom is 0.302 e. The molecular weight excluding hydrogens is 524 g/mol. The predicted molar refractivity (Wildman–Crippen MR) is 164 cm³/mol. The van der Waals surface area contributed by atoms with Crippen LogP contribution in [0.3, 0.4) is 0 Å². The molecule has 0 aromatic carbocycles. The van der Waals surface area contributed by atoms with E-state index in [-0.39, 0.29) is 56.4 Å². The van der Waals surface area contributed by atoms with Crippen LogP contribution in [0.1, 0.15) is 113 Å². The van der Waals surface area contributed by atoms with Crippen LogP contribution in [0, 0.1) is 50.2 Å². The Hall–Kier alpha value is -1.69. The quantitative estimate of drug-likeness (QED) is 0.386. The second-order valence-electron chi connectivity index (χ2n) is 17.3. The van der Waals surface area contributed by atoms with Gasteiger partial charge in [-0.2, -0.15) is 0 Å². The first-order chi connectivity index (χ1) is 19.5. The van der Waals surface area contributed by atoms with E-state index >= 15 is 0 Å². The fourth-order valence-corrected chi connectivity index (χ4v) is 12.0. The molecule has 42 heavy (non-hydrogen) atoms. The van der Waals surface area contributed by atoms with E-state index in [4.69, 9.17) is 4.74 Å². The summed E-state index contributed by atoms with van der Waals surface area (Å²) in [6, 6.07) is 0. The molecule has 1 N–H and O–H groups in total. The van der Waals surface area contributed by atoms with E-state index in [9.17, 15) is 14.4 Å². The SMILES string of the molecule is CC(=O)O[C@H]1CC[C@]2(C)[C@H]3C(=O)C=C4[C@@H]5C[C@@](C)(C(=O)N6CCNCC6)CC[C@]5(C)CC[C@@]4(C)[C@]3(C)CC[C@H]2C1(C)C. The Morgan fingerprint density at radius 1 is 0.905 bits per heavy atom. The van der Waals surface area contributed by atoms with Gasteiger partial charge in [-0.3, -0.25) is 14.4 Å². The van der Waals surface area contributed by atoms with Crippen LogP contribution in [0.15, 0.2) is 11.6 Å². The van der Waals surface area contributed by atoms with Crippen molar-refractivity contribution in [3.63, 3.8) is 0 Å². The Morgan fingerprint density at radius 2 is 1.57 bits per heavy atom.